The van der Waals surface area contributed by atoms with Gasteiger partial charge < -0.3 is 14.9 Å². The molecule has 0 radical (unpaired) electrons. The standard InChI is InChI=1S/C26H38N4O2S/c1-16(25(32)30(6)13-12-29(4)5)19-9-10-26(3)14-20-22(17(2)21(26)23(19)31)28-24(33-20)18-8-7-11-27-15-18/h7-8,11,15-17,19,21,23,31H,9-10,12-14H2,1-6H3. The molecule has 1 N–H and O–H groups in total. The van der Waals surface area contributed by atoms with E-state index in [4.69, 9.17) is 4.98 Å². The van der Waals surface area contributed by atoms with Crippen LogP contribution < -0.4 is 0 Å². The summed E-state index contributed by atoms with van der Waals surface area (Å²) < 4.78 is 0. The number of aliphatic hydroxyl groups is 1. The predicted molar refractivity (Wildman–Crippen MR) is 133 cm³/mol. The van der Waals surface area contributed by atoms with E-state index >= 15 is 0 Å². The summed E-state index contributed by atoms with van der Waals surface area (Å²) in [6.07, 6.45) is 6.02. The van der Waals surface area contributed by atoms with Crippen molar-refractivity contribution in [3.05, 3.63) is 35.1 Å². The summed E-state index contributed by atoms with van der Waals surface area (Å²) in [5.74, 6) is 0.201. The molecule has 180 valence electrons. The molecule has 1 amide bonds. The molecular weight excluding hydrogens is 432 g/mol. The van der Waals surface area contributed by atoms with E-state index in [-0.39, 0.29) is 35.0 Å². The Kier molecular flexibility index (Phi) is 6.95. The van der Waals surface area contributed by atoms with Gasteiger partial charge in [0.05, 0.1) is 11.8 Å². The number of aliphatic hydroxyl groups excluding tert-OH is 1. The summed E-state index contributed by atoms with van der Waals surface area (Å²) in [6, 6.07) is 4.00. The molecule has 4 rings (SSSR count). The Morgan fingerprint density at radius 2 is 2.09 bits per heavy atom. The van der Waals surface area contributed by atoms with Gasteiger partial charge in [-0.05, 0) is 62.7 Å². The van der Waals surface area contributed by atoms with E-state index < -0.39 is 6.10 Å². The van der Waals surface area contributed by atoms with E-state index in [9.17, 15) is 9.90 Å². The van der Waals surface area contributed by atoms with Crippen LogP contribution in [0.4, 0.5) is 0 Å². The highest BCUT2D eigenvalue weighted by Crippen LogP contribution is 2.57. The van der Waals surface area contributed by atoms with Gasteiger partial charge in [0.25, 0.3) is 0 Å². The van der Waals surface area contributed by atoms with Crippen molar-refractivity contribution < 1.29 is 9.90 Å². The van der Waals surface area contributed by atoms with Gasteiger partial charge in [-0.2, -0.15) is 0 Å². The second-order valence-electron chi connectivity index (χ2n) is 10.8. The van der Waals surface area contributed by atoms with Crippen molar-refractivity contribution in [2.75, 3.05) is 34.2 Å². The first-order valence-electron chi connectivity index (χ1n) is 12.1. The number of nitrogens with zero attached hydrogens (tertiary/aromatic N) is 4. The molecule has 6 nitrogen and oxygen atoms in total. The average Bonchev–Trinajstić information content (AvgIpc) is 3.21. The quantitative estimate of drug-likeness (QED) is 0.693. The fourth-order valence-electron chi connectivity index (χ4n) is 6.15. The van der Waals surface area contributed by atoms with Crippen LogP contribution in [0.25, 0.3) is 10.6 Å². The number of thiazole rings is 1. The van der Waals surface area contributed by atoms with Crippen LogP contribution in [0, 0.1) is 23.2 Å². The Morgan fingerprint density at radius 3 is 2.76 bits per heavy atom. The molecule has 1 fully saturated rings. The molecular formula is C26H38N4O2S. The van der Waals surface area contributed by atoms with Crippen molar-refractivity contribution in [1.82, 2.24) is 19.8 Å². The molecule has 7 heteroatoms. The Morgan fingerprint density at radius 1 is 1.33 bits per heavy atom. The monoisotopic (exact) mass is 470 g/mol. The highest BCUT2D eigenvalue weighted by atomic mass is 32.1. The molecule has 33 heavy (non-hydrogen) atoms. The normalized spacial score (nSPS) is 29.9. The first-order valence-corrected chi connectivity index (χ1v) is 12.9. The molecule has 0 saturated heterocycles. The van der Waals surface area contributed by atoms with Gasteiger partial charge in [-0.15, -0.1) is 11.3 Å². The van der Waals surface area contributed by atoms with Gasteiger partial charge in [-0.3, -0.25) is 9.78 Å². The summed E-state index contributed by atoms with van der Waals surface area (Å²) in [7, 11) is 5.92. The van der Waals surface area contributed by atoms with Crippen LogP contribution in [0.2, 0.25) is 0 Å². The molecule has 0 bridgehead atoms. The Balaban J connectivity index is 1.55. The van der Waals surface area contributed by atoms with Crippen molar-refractivity contribution >= 4 is 17.2 Å². The number of likely N-dealkylation sites (N-methyl/N-ethyl adjacent to an activating group) is 2. The fourth-order valence-corrected chi connectivity index (χ4v) is 7.50. The summed E-state index contributed by atoms with van der Waals surface area (Å²) in [5.41, 5.74) is 2.21. The number of hydrogen-bond donors (Lipinski definition) is 1. The topological polar surface area (TPSA) is 69.6 Å². The largest absolute Gasteiger partial charge is 0.392 e. The molecule has 2 aliphatic carbocycles. The summed E-state index contributed by atoms with van der Waals surface area (Å²) in [4.78, 5) is 27.7. The van der Waals surface area contributed by atoms with E-state index in [2.05, 4.69) is 29.8 Å². The van der Waals surface area contributed by atoms with Gasteiger partial charge in [0.2, 0.25) is 5.91 Å². The third-order valence-electron chi connectivity index (χ3n) is 8.12. The molecule has 0 aliphatic heterocycles. The predicted octanol–water partition coefficient (Wildman–Crippen LogP) is 3.91. The molecule has 0 aromatic carbocycles. The lowest BCUT2D eigenvalue weighted by molar-refractivity contribution is -0.143. The highest BCUT2D eigenvalue weighted by molar-refractivity contribution is 7.15. The maximum Gasteiger partial charge on any atom is 0.225 e. The van der Waals surface area contributed by atoms with Crippen molar-refractivity contribution in [3.8, 4) is 10.6 Å². The van der Waals surface area contributed by atoms with Gasteiger partial charge in [-0.25, -0.2) is 4.98 Å². The number of rotatable bonds is 6. The first-order chi connectivity index (χ1) is 15.6. The van der Waals surface area contributed by atoms with Crippen LogP contribution >= 0.6 is 11.3 Å². The summed E-state index contributed by atoms with van der Waals surface area (Å²) >= 11 is 1.77. The Labute approximate surface area is 202 Å². The maximum atomic E-state index is 13.2. The number of aromatic nitrogens is 2. The summed E-state index contributed by atoms with van der Waals surface area (Å²) in [5, 5.41) is 12.7. The Hall–Kier alpha value is -1.83. The van der Waals surface area contributed by atoms with Crippen LogP contribution in [0.3, 0.4) is 0 Å². The first kappa shape index (κ1) is 24.3. The molecule has 2 aromatic heterocycles. The van der Waals surface area contributed by atoms with Crippen LogP contribution in [0.5, 0.6) is 0 Å². The van der Waals surface area contributed by atoms with E-state index in [1.54, 1.807) is 17.5 Å². The van der Waals surface area contributed by atoms with Crippen LogP contribution in [-0.4, -0.2) is 71.1 Å². The van der Waals surface area contributed by atoms with Gasteiger partial charge in [0.15, 0.2) is 0 Å². The smallest absolute Gasteiger partial charge is 0.225 e. The van der Waals surface area contributed by atoms with Gasteiger partial charge in [0, 0.05) is 54.8 Å². The SMILES string of the molecule is CC(C(=O)N(C)CCN(C)C)C1CCC2(C)Cc3sc(-c4cccnc4)nc3C(C)C2C1O. The van der Waals surface area contributed by atoms with E-state index in [1.165, 1.54) is 4.88 Å². The maximum absolute atomic E-state index is 13.2. The van der Waals surface area contributed by atoms with E-state index in [0.717, 1.165) is 42.1 Å². The zero-order valence-electron chi connectivity index (χ0n) is 20.8. The minimum atomic E-state index is -0.503. The van der Waals surface area contributed by atoms with Gasteiger partial charge in [-0.1, -0.05) is 20.8 Å². The average molecular weight is 471 g/mol. The third kappa shape index (κ3) is 4.60. The third-order valence-corrected chi connectivity index (χ3v) is 9.24. The lowest BCUT2D eigenvalue weighted by Gasteiger charge is -2.53. The lowest BCUT2D eigenvalue weighted by Crippen LogP contribution is -2.53. The second kappa shape index (κ2) is 9.43. The van der Waals surface area contributed by atoms with Gasteiger partial charge in [0.1, 0.15) is 5.01 Å². The van der Waals surface area contributed by atoms with Crippen LogP contribution in [0.1, 0.15) is 50.1 Å². The minimum Gasteiger partial charge on any atom is -0.392 e. The number of fused-ring (bicyclic) bond motifs is 2. The van der Waals surface area contributed by atoms with Gasteiger partial charge >= 0.3 is 0 Å². The zero-order chi connectivity index (χ0) is 23.9. The number of pyridine rings is 1. The van der Waals surface area contributed by atoms with Crippen LogP contribution in [0.15, 0.2) is 24.5 Å². The number of carbonyl (C=O) groups is 1. The zero-order valence-corrected chi connectivity index (χ0v) is 21.6. The molecule has 6 atom stereocenters. The molecule has 2 aliphatic rings. The molecule has 1 saturated carbocycles. The van der Waals surface area contributed by atoms with Crippen molar-refractivity contribution in [2.24, 2.45) is 23.2 Å². The minimum absolute atomic E-state index is 0.0159. The fraction of sp³-hybridized carbons (Fsp3) is 0.654. The molecule has 0 spiro atoms. The molecule has 2 heterocycles. The second-order valence-corrected chi connectivity index (χ2v) is 11.8. The number of carbonyl (C=O) groups excluding carboxylic acids is 1. The van der Waals surface area contributed by atoms with Crippen LogP contribution in [-0.2, 0) is 11.2 Å². The van der Waals surface area contributed by atoms with Crippen molar-refractivity contribution in [2.45, 2.75) is 52.1 Å². The van der Waals surface area contributed by atoms with E-state index in [0.29, 0.717) is 6.54 Å². The highest BCUT2D eigenvalue weighted by Gasteiger charge is 2.54. The number of amides is 1. The Bertz CT molecular complexity index is 978. The molecule has 6 unspecified atom stereocenters. The lowest BCUT2D eigenvalue weighted by atomic mass is 9.53. The van der Waals surface area contributed by atoms with Crippen molar-refractivity contribution in [3.63, 3.8) is 0 Å². The van der Waals surface area contributed by atoms with E-state index in [1.807, 2.05) is 45.2 Å². The van der Waals surface area contributed by atoms with Crippen molar-refractivity contribution in [1.29, 1.82) is 0 Å². The summed E-state index contributed by atoms with van der Waals surface area (Å²) in [6.45, 7) is 8.10. The number of hydrogen-bond acceptors (Lipinski definition) is 6. The molecule has 2 aromatic rings.